The molecule has 5 heteroatoms. The highest BCUT2D eigenvalue weighted by Crippen LogP contribution is 2.44. The van der Waals surface area contributed by atoms with Gasteiger partial charge in [-0.1, -0.05) is 0 Å². The number of nitrogens with zero attached hydrogens (tertiary/aromatic N) is 1. The Balaban J connectivity index is 1.83. The standard InChI is InChI=1S/C15H22N2O3/c16-14(18)13-15(4-8-19-9-5-15)3-1-6-17(13)10-12-2-7-20-11-12/h2,7,11,13H,1,3-6,8-10H2,(H2,16,18). The fourth-order valence-corrected chi connectivity index (χ4v) is 3.86. The van der Waals surface area contributed by atoms with E-state index < -0.39 is 0 Å². The maximum Gasteiger partial charge on any atom is 0.235 e. The second-order valence-electron chi connectivity index (χ2n) is 5.99. The minimum absolute atomic E-state index is 0.00602. The Morgan fingerprint density at radius 1 is 1.40 bits per heavy atom. The van der Waals surface area contributed by atoms with Crippen molar-refractivity contribution in [2.45, 2.75) is 38.3 Å². The molecule has 1 amide bonds. The van der Waals surface area contributed by atoms with Gasteiger partial charge in [-0.2, -0.15) is 0 Å². The molecule has 0 radical (unpaired) electrons. The van der Waals surface area contributed by atoms with Gasteiger partial charge in [0.15, 0.2) is 0 Å². The van der Waals surface area contributed by atoms with Crippen LogP contribution in [0.1, 0.15) is 31.2 Å². The van der Waals surface area contributed by atoms with Crippen molar-refractivity contribution >= 4 is 5.91 Å². The molecule has 1 aromatic heterocycles. The van der Waals surface area contributed by atoms with Gasteiger partial charge in [-0.25, -0.2) is 0 Å². The summed E-state index contributed by atoms with van der Waals surface area (Å²) in [5.74, 6) is -0.199. The van der Waals surface area contributed by atoms with Gasteiger partial charge in [0.05, 0.1) is 18.6 Å². The van der Waals surface area contributed by atoms with Crippen molar-refractivity contribution in [2.24, 2.45) is 11.1 Å². The zero-order chi connectivity index (χ0) is 14.0. The quantitative estimate of drug-likeness (QED) is 0.910. The summed E-state index contributed by atoms with van der Waals surface area (Å²) in [7, 11) is 0. The largest absolute Gasteiger partial charge is 0.472 e. The zero-order valence-electron chi connectivity index (χ0n) is 11.7. The zero-order valence-corrected chi connectivity index (χ0v) is 11.7. The Morgan fingerprint density at radius 3 is 2.85 bits per heavy atom. The van der Waals surface area contributed by atoms with E-state index in [0.29, 0.717) is 0 Å². The van der Waals surface area contributed by atoms with E-state index in [2.05, 4.69) is 4.90 Å². The molecule has 1 spiro atoms. The number of likely N-dealkylation sites (tertiary alicyclic amines) is 1. The number of carbonyl (C=O) groups is 1. The number of amides is 1. The van der Waals surface area contributed by atoms with E-state index in [1.54, 1.807) is 12.5 Å². The first kappa shape index (κ1) is 13.6. The highest BCUT2D eigenvalue weighted by atomic mass is 16.5. The van der Waals surface area contributed by atoms with Gasteiger partial charge in [0, 0.05) is 25.3 Å². The van der Waals surface area contributed by atoms with Gasteiger partial charge in [-0.15, -0.1) is 0 Å². The van der Waals surface area contributed by atoms with Gasteiger partial charge in [-0.05, 0) is 43.7 Å². The molecule has 2 aliphatic rings. The van der Waals surface area contributed by atoms with E-state index in [1.165, 1.54) is 0 Å². The Bertz CT molecular complexity index is 446. The predicted octanol–water partition coefficient (Wildman–Crippen LogP) is 1.53. The number of nitrogens with two attached hydrogens (primary N) is 1. The molecule has 20 heavy (non-hydrogen) atoms. The molecule has 3 heterocycles. The number of carbonyl (C=O) groups excluding carboxylic acids is 1. The molecule has 1 unspecified atom stereocenters. The summed E-state index contributed by atoms with van der Waals surface area (Å²) < 4.78 is 10.6. The monoisotopic (exact) mass is 278 g/mol. The fraction of sp³-hybridized carbons (Fsp3) is 0.667. The van der Waals surface area contributed by atoms with Crippen LogP contribution in [0.15, 0.2) is 23.0 Å². The molecule has 0 aliphatic carbocycles. The molecular formula is C15H22N2O3. The van der Waals surface area contributed by atoms with Gasteiger partial charge in [-0.3, -0.25) is 9.69 Å². The van der Waals surface area contributed by atoms with Crippen LogP contribution < -0.4 is 5.73 Å². The molecule has 1 aromatic rings. The molecule has 5 nitrogen and oxygen atoms in total. The van der Waals surface area contributed by atoms with Crippen LogP contribution in [0.2, 0.25) is 0 Å². The van der Waals surface area contributed by atoms with E-state index in [9.17, 15) is 4.79 Å². The third-order valence-corrected chi connectivity index (χ3v) is 4.79. The molecular weight excluding hydrogens is 256 g/mol. The topological polar surface area (TPSA) is 68.7 Å². The number of hydrogen-bond donors (Lipinski definition) is 1. The first-order chi connectivity index (χ1) is 9.71. The number of rotatable bonds is 3. The van der Waals surface area contributed by atoms with Crippen molar-refractivity contribution in [3.63, 3.8) is 0 Å². The van der Waals surface area contributed by atoms with E-state index >= 15 is 0 Å². The molecule has 2 saturated heterocycles. The third-order valence-electron chi connectivity index (χ3n) is 4.79. The SMILES string of the molecule is NC(=O)C1N(Cc2ccoc2)CCCC12CCOCC2. The van der Waals surface area contributed by atoms with Gasteiger partial charge < -0.3 is 14.9 Å². The summed E-state index contributed by atoms with van der Waals surface area (Å²) in [4.78, 5) is 14.3. The van der Waals surface area contributed by atoms with E-state index in [4.69, 9.17) is 14.9 Å². The fourth-order valence-electron chi connectivity index (χ4n) is 3.86. The van der Waals surface area contributed by atoms with Crippen LogP contribution in [0.5, 0.6) is 0 Å². The molecule has 0 saturated carbocycles. The molecule has 0 bridgehead atoms. The summed E-state index contributed by atoms with van der Waals surface area (Å²) in [5.41, 5.74) is 6.85. The third kappa shape index (κ3) is 2.47. The number of furan rings is 1. The highest BCUT2D eigenvalue weighted by Gasteiger charge is 2.48. The minimum atomic E-state index is -0.199. The van der Waals surface area contributed by atoms with Crippen molar-refractivity contribution in [1.82, 2.24) is 4.90 Å². The lowest BCUT2D eigenvalue weighted by molar-refractivity contribution is -0.138. The van der Waals surface area contributed by atoms with Crippen LogP contribution in [0.3, 0.4) is 0 Å². The maximum absolute atomic E-state index is 12.1. The first-order valence-corrected chi connectivity index (χ1v) is 7.33. The Morgan fingerprint density at radius 2 is 2.20 bits per heavy atom. The van der Waals surface area contributed by atoms with Crippen LogP contribution in [0.25, 0.3) is 0 Å². The molecule has 3 rings (SSSR count). The van der Waals surface area contributed by atoms with Crippen LogP contribution in [0.4, 0.5) is 0 Å². The van der Waals surface area contributed by atoms with Crippen LogP contribution in [-0.4, -0.2) is 36.6 Å². The van der Waals surface area contributed by atoms with Gasteiger partial charge >= 0.3 is 0 Å². The Kier molecular flexibility index (Phi) is 3.81. The lowest BCUT2D eigenvalue weighted by Gasteiger charge is -2.50. The van der Waals surface area contributed by atoms with Crippen molar-refractivity contribution in [3.8, 4) is 0 Å². The summed E-state index contributed by atoms with van der Waals surface area (Å²) in [5, 5.41) is 0. The highest BCUT2D eigenvalue weighted by molar-refractivity contribution is 5.81. The first-order valence-electron chi connectivity index (χ1n) is 7.33. The van der Waals surface area contributed by atoms with Crippen molar-refractivity contribution in [3.05, 3.63) is 24.2 Å². The Hall–Kier alpha value is -1.33. The van der Waals surface area contributed by atoms with Gasteiger partial charge in [0.2, 0.25) is 5.91 Å². The maximum atomic E-state index is 12.1. The molecule has 2 aliphatic heterocycles. The Labute approximate surface area is 119 Å². The summed E-state index contributed by atoms with van der Waals surface area (Å²) in [6.07, 6.45) is 7.46. The van der Waals surface area contributed by atoms with Crippen molar-refractivity contribution < 1.29 is 13.9 Å². The molecule has 2 fully saturated rings. The second kappa shape index (κ2) is 5.58. The van der Waals surface area contributed by atoms with E-state index in [-0.39, 0.29) is 17.4 Å². The second-order valence-corrected chi connectivity index (χ2v) is 5.99. The van der Waals surface area contributed by atoms with E-state index in [0.717, 1.165) is 57.6 Å². The summed E-state index contributed by atoms with van der Waals surface area (Å²) >= 11 is 0. The molecule has 0 aromatic carbocycles. The number of primary amides is 1. The van der Waals surface area contributed by atoms with Crippen LogP contribution in [0, 0.1) is 5.41 Å². The van der Waals surface area contributed by atoms with Gasteiger partial charge in [0.25, 0.3) is 0 Å². The lowest BCUT2D eigenvalue weighted by Crippen LogP contribution is -2.59. The average Bonchev–Trinajstić information content (AvgIpc) is 2.92. The number of ether oxygens (including phenoxy) is 1. The predicted molar refractivity (Wildman–Crippen MR) is 73.8 cm³/mol. The number of hydrogen-bond acceptors (Lipinski definition) is 4. The average molecular weight is 278 g/mol. The van der Waals surface area contributed by atoms with Crippen LogP contribution >= 0.6 is 0 Å². The minimum Gasteiger partial charge on any atom is -0.472 e. The van der Waals surface area contributed by atoms with Crippen molar-refractivity contribution in [1.29, 1.82) is 0 Å². The summed E-state index contributed by atoms with van der Waals surface area (Å²) in [6.45, 7) is 3.13. The van der Waals surface area contributed by atoms with Gasteiger partial charge in [0.1, 0.15) is 0 Å². The molecule has 1 atom stereocenters. The van der Waals surface area contributed by atoms with Crippen molar-refractivity contribution in [2.75, 3.05) is 19.8 Å². The normalized spacial score (nSPS) is 26.7. The smallest absolute Gasteiger partial charge is 0.235 e. The molecule has 110 valence electrons. The van der Waals surface area contributed by atoms with E-state index in [1.807, 2.05) is 6.07 Å². The summed E-state index contributed by atoms with van der Waals surface area (Å²) in [6, 6.07) is 1.76. The number of piperidine rings is 1. The lowest BCUT2D eigenvalue weighted by atomic mass is 9.67. The molecule has 2 N–H and O–H groups in total. The van der Waals surface area contributed by atoms with Crippen LogP contribution in [-0.2, 0) is 16.1 Å².